The number of aromatic nitrogens is 2. The van der Waals surface area contributed by atoms with E-state index in [4.69, 9.17) is 5.73 Å². The van der Waals surface area contributed by atoms with E-state index < -0.39 is 0 Å². The average molecular weight is 259 g/mol. The van der Waals surface area contributed by atoms with Gasteiger partial charge < -0.3 is 5.73 Å². The van der Waals surface area contributed by atoms with Crippen molar-refractivity contribution in [1.82, 2.24) is 9.97 Å². The predicted octanol–water partition coefficient (Wildman–Crippen LogP) is 2.97. The molecule has 1 heterocycles. The minimum absolute atomic E-state index is 0.0627. The third-order valence-electron chi connectivity index (χ3n) is 2.69. The molecule has 0 radical (unpaired) electrons. The van der Waals surface area contributed by atoms with Crippen LogP contribution in [0.5, 0.6) is 0 Å². The second-order valence-electron chi connectivity index (χ2n) is 4.36. The van der Waals surface area contributed by atoms with Gasteiger partial charge in [0.2, 0.25) is 0 Å². The van der Waals surface area contributed by atoms with E-state index in [1.54, 1.807) is 24.3 Å². The lowest BCUT2D eigenvalue weighted by molar-refractivity contribution is 0.719. The lowest BCUT2D eigenvalue weighted by Gasteiger charge is -2.20. The van der Waals surface area contributed by atoms with Crippen LogP contribution < -0.4 is 5.73 Å². The van der Waals surface area contributed by atoms with Gasteiger partial charge in [-0.1, -0.05) is 41.6 Å². The van der Waals surface area contributed by atoms with Crippen molar-refractivity contribution in [1.29, 1.82) is 0 Å². The molecule has 0 bridgehead atoms. The highest BCUT2D eigenvalue weighted by molar-refractivity contribution is 7.99. The fraction of sp³-hybridized carbons (Fsp3) is 0.286. The average Bonchev–Trinajstić information content (AvgIpc) is 2.38. The summed E-state index contributed by atoms with van der Waals surface area (Å²) in [5.74, 6) is 0. The maximum Gasteiger partial charge on any atom is 0.116 e. The number of rotatable bonds is 4. The van der Waals surface area contributed by atoms with Crippen LogP contribution in [-0.2, 0) is 0 Å². The Morgan fingerprint density at radius 1 is 1.17 bits per heavy atom. The number of benzene rings is 1. The van der Waals surface area contributed by atoms with Crippen LogP contribution in [0.3, 0.4) is 0 Å². The second-order valence-corrected chi connectivity index (χ2v) is 5.52. The first kappa shape index (κ1) is 13.1. The number of nitrogens with two attached hydrogens (primary N) is 1. The van der Waals surface area contributed by atoms with E-state index in [1.807, 2.05) is 13.0 Å². The maximum atomic E-state index is 6.09. The molecule has 18 heavy (non-hydrogen) atoms. The molecular weight excluding hydrogens is 242 g/mol. The van der Waals surface area contributed by atoms with Crippen LogP contribution in [-0.4, -0.2) is 16.0 Å². The number of hydrogen-bond acceptors (Lipinski definition) is 4. The highest BCUT2D eigenvalue weighted by Crippen LogP contribution is 2.35. The molecule has 0 spiro atoms. The third kappa shape index (κ3) is 3.31. The number of hydrogen-bond donors (Lipinski definition) is 1. The molecule has 0 aliphatic carbocycles. The van der Waals surface area contributed by atoms with Crippen molar-refractivity contribution >= 4 is 11.8 Å². The molecular formula is C14H17N3S. The quantitative estimate of drug-likeness (QED) is 0.677. The molecule has 0 saturated heterocycles. The number of thioether (sulfide) groups is 1. The molecule has 2 unspecified atom stereocenters. The van der Waals surface area contributed by atoms with Crippen LogP contribution >= 0.6 is 11.8 Å². The van der Waals surface area contributed by atoms with Gasteiger partial charge in [-0.05, 0) is 25.5 Å². The zero-order chi connectivity index (χ0) is 13.0. The summed E-state index contributed by atoms with van der Waals surface area (Å²) >= 11 is 1.68. The molecule has 4 heteroatoms. The van der Waals surface area contributed by atoms with Crippen LogP contribution in [0.25, 0.3) is 0 Å². The first-order valence-electron chi connectivity index (χ1n) is 5.91. The molecule has 0 fully saturated rings. The molecule has 2 atom stereocenters. The van der Waals surface area contributed by atoms with E-state index in [-0.39, 0.29) is 11.3 Å². The predicted molar refractivity (Wildman–Crippen MR) is 75.5 cm³/mol. The zero-order valence-electron chi connectivity index (χ0n) is 10.6. The molecule has 2 rings (SSSR count). The molecule has 0 saturated carbocycles. The van der Waals surface area contributed by atoms with E-state index in [2.05, 4.69) is 41.2 Å². The lowest BCUT2D eigenvalue weighted by Crippen LogP contribution is -2.22. The summed E-state index contributed by atoms with van der Waals surface area (Å²) in [5.41, 5.74) is 8.58. The lowest BCUT2D eigenvalue weighted by atomic mass is 10.1. The first-order valence-corrected chi connectivity index (χ1v) is 6.79. The molecule has 3 nitrogen and oxygen atoms in total. The van der Waals surface area contributed by atoms with Crippen LogP contribution in [0.15, 0.2) is 47.9 Å². The Hall–Kier alpha value is -1.39. The van der Waals surface area contributed by atoms with Crippen LogP contribution in [0.4, 0.5) is 0 Å². The Bertz CT molecular complexity index is 482. The topological polar surface area (TPSA) is 51.8 Å². The molecule has 1 aromatic heterocycles. The Morgan fingerprint density at radius 3 is 2.44 bits per heavy atom. The van der Waals surface area contributed by atoms with Gasteiger partial charge in [0.05, 0.1) is 10.3 Å². The van der Waals surface area contributed by atoms with Gasteiger partial charge in [-0.25, -0.2) is 9.97 Å². The molecule has 0 amide bonds. The monoisotopic (exact) mass is 259 g/mol. The zero-order valence-corrected chi connectivity index (χ0v) is 11.4. The van der Waals surface area contributed by atoms with Crippen LogP contribution in [0.1, 0.15) is 23.3 Å². The summed E-state index contributed by atoms with van der Waals surface area (Å²) in [6.07, 6.45) is 3.32. The van der Waals surface area contributed by atoms with E-state index in [0.29, 0.717) is 0 Å². The summed E-state index contributed by atoms with van der Waals surface area (Å²) in [4.78, 5) is 8.17. The van der Waals surface area contributed by atoms with Crippen molar-refractivity contribution in [3.8, 4) is 0 Å². The largest absolute Gasteiger partial charge is 0.327 e. The van der Waals surface area contributed by atoms with Crippen molar-refractivity contribution in [2.45, 2.75) is 30.2 Å². The minimum Gasteiger partial charge on any atom is -0.327 e. The number of nitrogens with zero attached hydrogens (tertiary/aromatic N) is 2. The summed E-state index contributed by atoms with van der Waals surface area (Å²) in [6, 6.07) is 10.5. The Balaban J connectivity index is 2.21. The molecule has 1 aromatic carbocycles. The van der Waals surface area contributed by atoms with Crippen molar-refractivity contribution in [3.63, 3.8) is 0 Å². The summed E-state index contributed by atoms with van der Waals surface area (Å²) in [6.45, 7) is 4.11. The standard InChI is InChI=1S/C14H17N3S/c1-10-3-5-12(6-4-10)14(11(2)15)18-13-7-8-16-9-17-13/h3-9,11,14H,15H2,1-2H3. The maximum absolute atomic E-state index is 6.09. The normalized spacial score (nSPS) is 14.2. The van der Waals surface area contributed by atoms with E-state index in [9.17, 15) is 0 Å². The Morgan fingerprint density at radius 2 is 1.89 bits per heavy atom. The van der Waals surface area contributed by atoms with Crippen molar-refractivity contribution in [3.05, 3.63) is 54.0 Å². The third-order valence-corrected chi connectivity index (χ3v) is 4.12. The van der Waals surface area contributed by atoms with Gasteiger partial charge in [-0.2, -0.15) is 0 Å². The fourth-order valence-electron chi connectivity index (χ4n) is 1.71. The summed E-state index contributed by atoms with van der Waals surface area (Å²) in [7, 11) is 0. The van der Waals surface area contributed by atoms with E-state index in [0.717, 1.165) is 5.03 Å². The van der Waals surface area contributed by atoms with Crippen molar-refractivity contribution < 1.29 is 0 Å². The Kier molecular flexibility index (Phi) is 4.33. The van der Waals surface area contributed by atoms with E-state index in [1.165, 1.54) is 11.1 Å². The van der Waals surface area contributed by atoms with Gasteiger partial charge in [-0.3, -0.25) is 0 Å². The molecule has 2 aromatic rings. The first-order chi connectivity index (χ1) is 8.66. The van der Waals surface area contributed by atoms with Gasteiger partial charge >= 0.3 is 0 Å². The highest BCUT2D eigenvalue weighted by Gasteiger charge is 2.18. The van der Waals surface area contributed by atoms with Gasteiger partial charge in [-0.15, -0.1) is 0 Å². The summed E-state index contributed by atoms with van der Waals surface area (Å²) in [5, 5.41) is 1.16. The minimum atomic E-state index is 0.0627. The van der Waals surface area contributed by atoms with Crippen molar-refractivity contribution in [2.24, 2.45) is 5.73 Å². The highest BCUT2D eigenvalue weighted by atomic mass is 32.2. The van der Waals surface area contributed by atoms with Gasteiger partial charge in [0.1, 0.15) is 6.33 Å². The van der Waals surface area contributed by atoms with Crippen molar-refractivity contribution in [2.75, 3.05) is 0 Å². The summed E-state index contributed by atoms with van der Waals surface area (Å²) < 4.78 is 0. The SMILES string of the molecule is Cc1ccc(C(Sc2ccncn2)C(C)N)cc1. The molecule has 0 aliphatic rings. The molecule has 0 aliphatic heterocycles. The van der Waals surface area contributed by atoms with Crippen LogP contribution in [0.2, 0.25) is 0 Å². The van der Waals surface area contributed by atoms with Gasteiger partial charge in [0.15, 0.2) is 0 Å². The molecule has 2 N–H and O–H groups in total. The Labute approximate surface area is 112 Å². The molecule has 94 valence electrons. The van der Waals surface area contributed by atoms with E-state index >= 15 is 0 Å². The van der Waals surface area contributed by atoms with Crippen LogP contribution in [0, 0.1) is 6.92 Å². The second kappa shape index (κ2) is 5.98. The fourth-order valence-corrected chi connectivity index (χ4v) is 2.73. The number of aryl methyl sites for hydroxylation is 1. The van der Waals surface area contributed by atoms with Gasteiger partial charge in [0.25, 0.3) is 0 Å². The van der Waals surface area contributed by atoms with Gasteiger partial charge in [0, 0.05) is 12.2 Å². The smallest absolute Gasteiger partial charge is 0.116 e.